The van der Waals surface area contributed by atoms with E-state index in [2.05, 4.69) is 6.92 Å². The van der Waals surface area contributed by atoms with Crippen molar-refractivity contribution in [2.24, 2.45) is 11.7 Å². The Morgan fingerprint density at radius 2 is 2.24 bits per heavy atom. The van der Waals surface area contributed by atoms with Crippen molar-refractivity contribution < 1.29 is 9.53 Å². The average molecular weight is 242 g/mol. The maximum Gasteiger partial charge on any atom is 0.223 e. The number of nitrogens with zero attached hydrogens (tertiary/aromatic N) is 1. The van der Waals surface area contributed by atoms with E-state index in [4.69, 9.17) is 10.5 Å². The van der Waals surface area contributed by atoms with Crippen molar-refractivity contribution in [3.05, 3.63) is 0 Å². The number of carbonyl (C=O) groups is 1. The van der Waals surface area contributed by atoms with Crippen LogP contribution in [0.3, 0.4) is 0 Å². The molecule has 0 saturated carbocycles. The van der Waals surface area contributed by atoms with E-state index in [9.17, 15) is 4.79 Å². The van der Waals surface area contributed by atoms with Gasteiger partial charge in [0.25, 0.3) is 0 Å². The molecule has 1 fully saturated rings. The third-order valence-electron chi connectivity index (χ3n) is 3.30. The van der Waals surface area contributed by atoms with E-state index >= 15 is 0 Å². The average Bonchev–Trinajstić information content (AvgIpc) is 2.22. The van der Waals surface area contributed by atoms with Gasteiger partial charge >= 0.3 is 0 Å². The zero-order valence-electron chi connectivity index (χ0n) is 11.5. The summed E-state index contributed by atoms with van der Waals surface area (Å²) in [7, 11) is 0. The van der Waals surface area contributed by atoms with Gasteiger partial charge in [0.15, 0.2) is 0 Å². The molecule has 100 valence electrons. The normalized spacial score (nSPS) is 25.7. The van der Waals surface area contributed by atoms with Gasteiger partial charge in [-0.15, -0.1) is 0 Å². The van der Waals surface area contributed by atoms with Crippen LogP contribution in [-0.4, -0.2) is 42.1 Å². The maximum absolute atomic E-state index is 12.2. The van der Waals surface area contributed by atoms with Gasteiger partial charge in [-0.2, -0.15) is 0 Å². The zero-order chi connectivity index (χ0) is 13.1. The molecular formula is C13H26N2O2. The Balaban J connectivity index is 2.56. The van der Waals surface area contributed by atoms with Crippen LogP contribution in [0, 0.1) is 5.92 Å². The van der Waals surface area contributed by atoms with Gasteiger partial charge < -0.3 is 15.4 Å². The van der Waals surface area contributed by atoms with Crippen LogP contribution in [0.25, 0.3) is 0 Å². The van der Waals surface area contributed by atoms with Crippen LogP contribution in [-0.2, 0) is 9.53 Å². The number of nitrogens with two attached hydrogens (primary N) is 1. The predicted octanol–water partition coefficient (Wildman–Crippen LogP) is 1.39. The lowest BCUT2D eigenvalue weighted by atomic mass is 10.00. The van der Waals surface area contributed by atoms with Crippen LogP contribution in [0.15, 0.2) is 0 Å². The molecule has 1 heterocycles. The third kappa shape index (κ3) is 4.28. The highest BCUT2D eigenvalue weighted by Gasteiger charge is 2.33. The second-order valence-corrected chi connectivity index (χ2v) is 5.68. The summed E-state index contributed by atoms with van der Waals surface area (Å²) in [6.07, 6.45) is 1.64. The quantitative estimate of drug-likeness (QED) is 0.810. The Morgan fingerprint density at radius 1 is 1.59 bits per heavy atom. The van der Waals surface area contributed by atoms with Gasteiger partial charge in [0.05, 0.1) is 11.7 Å². The Kier molecular flexibility index (Phi) is 4.95. The van der Waals surface area contributed by atoms with E-state index in [1.165, 1.54) is 0 Å². The number of carbonyl (C=O) groups excluding carboxylic acids is 1. The Hall–Kier alpha value is -0.610. The standard InChI is InChI=1S/C13H26N2O2/c1-5-11(7-14)6-12(16)15-8-10(2)17-13(3,4)9-15/h10-11H,5-9,14H2,1-4H3. The maximum atomic E-state index is 12.2. The molecule has 2 atom stereocenters. The lowest BCUT2D eigenvalue weighted by Gasteiger charge is -2.42. The van der Waals surface area contributed by atoms with Gasteiger partial charge in [0, 0.05) is 19.5 Å². The molecule has 0 radical (unpaired) electrons. The molecular weight excluding hydrogens is 216 g/mol. The Morgan fingerprint density at radius 3 is 2.71 bits per heavy atom. The number of hydrogen-bond acceptors (Lipinski definition) is 3. The van der Waals surface area contributed by atoms with Gasteiger partial charge in [0.2, 0.25) is 5.91 Å². The molecule has 0 aromatic carbocycles. The summed E-state index contributed by atoms with van der Waals surface area (Å²) < 4.78 is 5.79. The fourth-order valence-electron chi connectivity index (χ4n) is 2.41. The van der Waals surface area contributed by atoms with Crippen molar-refractivity contribution in [3.63, 3.8) is 0 Å². The smallest absolute Gasteiger partial charge is 0.223 e. The van der Waals surface area contributed by atoms with E-state index in [0.29, 0.717) is 32.0 Å². The molecule has 4 heteroatoms. The highest BCUT2D eigenvalue weighted by Crippen LogP contribution is 2.22. The number of morpholine rings is 1. The molecule has 4 nitrogen and oxygen atoms in total. The SMILES string of the molecule is CCC(CN)CC(=O)N1CC(C)OC(C)(C)C1. The van der Waals surface area contributed by atoms with Gasteiger partial charge in [-0.3, -0.25) is 4.79 Å². The number of amides is 1. The summed E-state index contributed by atoms with van der Waals surface area (Å²) in [5.41, 5.74) is 5.41. The van der Waals surface area contributed by atoms with Crippen molar-refractivity contribution in [2.45, 2.75) is 52.2 Å². The van der Waals surface area contributed by atoms with Crippen LogP contribution < -0.4 is 5.73 Å². The zero-order valence-corrected chi connectivity index (χ0v) is 11.5. The van der Waals surface area contributed by atoms with Crippen molar-refractivity contribution in [1.29, 1.82) is 0 Å². The number of hydrogen-bond donors (Lipinski definition) is 1. The Bertz CT molecular complexity index is 262. The van der Waals surface area contributed by atoms with E-state index in [0.717, 1.165) is 6.42 Å². The predicted molar refractivity (Wildman–Crippen MR) is 68.7 cm³/mol. The fourth-order valence-corrected chi connectivity index (χ4v) is 2.41. The minimum absolute atomic E-state index is 0.112. The minimum atomic E-state index is -0.238. The first-order valence-corrected chi connectivity index (χ1v) is 6.53. The topological polar surface area (TPSA) is 55.6 Å². The molecule has 1 saturated heterocycles. The van der Waals surface area contributed by atoms with Crippen molar-refractivity contribution >= 4 is 5.91 Å². The van der Waals surface area contributed by atoms with Crippen molar-refractivity contribution in [2.75, 3.05) is 19.6 Å². The van der Waals surface area contributed by atoms with Crippen molar-refractivity contribution in [3.8, 4) is 0 Å². The number of ether oxygens (including phenoxy) is 1. The van der Waals surface area contributed by atoms with Gasteiger partial charge in [-0.05, 0) is 33.2 Å². The van der Waals surface area contributed by atoms with Gasteiger partial charge in [-0.25, -0.2) is 0 Å². The van der Waals surface area contributed by atoms with Crippen molar-refractivity contribution in [1.82, 2.24) is 4.90 Å². The summed E-state index contributed by atoms with van der Waals surface area (Å²) >= 11 is 0. The second-order valence-electron chi connectivity index (χ2n) is 5.68. The highest BCUT2D eigenvalue weighted by molar-refractivity contribution is 5.76. The lowest BCUT2D eigenvalue weighted by molar-refractivity contribution is -0.158. The monoisotopic (exact) mass is 242 g/mol. The van der Waals surface area contributed by atoms with Crippen LogP contribution in [0.5, 0.6) is 0 Å². The molecule has 1 rings (SSSR count). The summed E-state index contributed by atoms with van der Waals surface area (Å²) in [5, 5.41) is 0. The van der Waals surface area contributed by atoms with E-state index in [1.54, 1.807) is 0 Å². The molecule has 1 aliphatic heterocycles. The van der Waals surface area contributed by atoms with E-state index in [1.807, 2.05) is 25.7 Å². The first kappa shape index (κ1) is 14.5. The molecule has 1 amide bonds. The van der Waals surface area contributed by atoms with Crippen LogP contribution in [0.4, 0.5) is 0 Å². The molecule has 2 unspecified atom stereocenters. The lowest BCUT2D eigenvalue weighted by Crippen LogP contribution is -2.54. The second kappa shape index (κ2) is 5.83. The molecule has 17 heavy (non-hydrogen) atoms. The first-order valence-electron chi connectivity index (χ1n) is 6.53. The number of rotatable bonds is 4. The van der Waals surface area contributed by atoms with Gasteiger partial charge in [0.1, 0.15) is 0 Å². The van der Waals surface area contributed by atoms with Gasteiger partial charge in [-0.1, -0.05) is 13.3 Å². The first-order chi connectivity index (χ1) is 7.88. The molecule has 2 N–H and O–H groups in total. The molecule has 0 aliphatic carbocycles. The van der Waals surface area contributed by atoms with Crippen LogP contribution >= 0.6 is 0 Å². The molecule has 0 aromatic heterocycles. The molecule has 0 bridgehead atoms. The van der Waals surface area contributed by atoms with E-state index in [-0.39, 0.29) is 17.6 Å². The molecule has 0 spiro atoms. The Labute approximate surface area is 104 Å². The van der Waals surface area contributed by atoms with Crippen LogP contribution in [0.2, 0.25) is 0 Å². The highest BCUT2D eigenvalue weighted by atomic mass is 16.5. The summed E-state index contributed by atoms with van der Waals surface area (Å²) in [6, 6.07) is 0. The summed E-state index contributed by atoms with van der Waals surface area (Å²) in [6.45, 7) is 10.1. The summed E-state index contributed by atoms with van der Waals surface area (Å²) in [5.74, 6) is 0.522. The molecule has 0 aromatic rings. The minimum Gasteiger partial charge on any atom is -0.369 e. The fraction of sp³-hybridized carbons (Fsp3) is 0.923. The van der Waals surface area contributed by atoms with Crippen LogP contribution in [0.1, 0.15) is 40.5 Å². The summed E-state index contributed by atoms with van der Waals surface area (Å²) in [4.78, 5) is 14.1. The molecule has 1 aliphatic rings. The third-order valence-corrected chi connectivity index (χ3v) is 3.30. The largest absolute Gasteiger partial charge is 0.369 e. The van der Waals surface area contributed by atoms with E-state index < -0.39 is 0 Å².